The first-order valence-electron chi connectivity index (χ1n) is 9.53. The van der Waals surface area contributed by atoms with Gasteiger partial charge in [-0.1, -0.05) is 12.1 Å². The van der Waals surface area contributed by atoms with E-state index in [2.05, 4.69) is 34.8 Å². The minimum Gasteiger partial charge on any atom is -0.361 e. The maximum absolute atomic E-state index is 12.0. The molecule has 5 heteroatoms. The highest BCUT2D eigenvalue weighted by molar-refractivity contribution is 5.96. The van der Waals surface area contributed by atoms with Crippen LogP contribution in [0.3, 0.4) is 0 Å². The third kappa shape index (κ3) is 2.45. The summed E-state index contributed by atoms with van der Waals surface area (Å²) in [6.07, 6.45) is 5.53. The van der Waals surface area contributed by atoms with Crippen LogP contribution in [0.1, 0.15) is 36.6 Å². The quantitative estimate of drug-likeness (QED) is 0.785. The Bertz CT molecular complexity index is 1010. The second-order valence-electron chi connectivity index (χ2n) is 7.79. The Labute approximate surface area is 153 Å². The van der Waals surface area contributed by atoms with Gasteiger partial charge in [0.15, 0.2) is 0 Å². The lowest BCUT2D eigenvalue weighted by atomic mass is 9.97. The van der Waals surface area contributed by atoms with Gasteiger partial charge in [-0.25, -0.2) is 0 Å². The molecule has 1 saturated carbocycles. The molecule has 134 valence electrons. The van der Waals surface area contributed by atoms with E-state index >= 15 is 0 Å². The summed E-state index contributed by atoms with van der Waals surface area (Å²) in [5, 5.41) is 6.27. The summed E-state index contributed by atoms with van der Waals surface area (Å²) >= 11 is 0. The van der Waals surface area contributed by atoms with Crippen molar-refractivity contribution >= 4 is 16.8 Å². The summed E-state index contributed by atoms with van der Waals surface area (Å²) in [5.41, 5.74) is 7.20. The zero-order chi connectivity index (χ0) is 17.8. The summed E-state index contributed by atoms with van der Waals surface area (Å²) in [7, 11) is 0. The van der Waals surface area contributed by atoms with E-state index in [0.29, 0.717) is 6.54 Å². The van der Waals surface area contributed by atoms with Crippen molar-refractivity contribution in [1.29, 1.82) is 0 Å². The Hall–Kier alpha value is -2.56. The molecule has 0 radical (unpaired) electrons. The minimum absolute atomic E-state index is 0.146. The smallest absolute Gasteiger partial charge is 0.219 e. The second-order valence-corrected chi connectivity index (χ2v) is 7.79. The van der Waals surface area contributed by atoms with Crippen LogP contribution in [0, 0.1) is 12.8 Å². The van der Waals surface area contributed by atoms with Gasteiger partial charge in [-0.3, -0.25) is 9.48 Å². The number of H-pyrrole nitrogens is 1. The van der Waals surface area contributed by atoms with Crippen molar-refractivity contribution in [3.05, 3.63) is 41.2 Å². The van der Waals surface area contributed by atoms with Gasteiger partial charge in [-0.2, -0.15) is 5.10 Å². The highest BCUT2D eigenvalue weighted by atomic mass is 16.2. The van der Waals surface area contributed by atoms with Gasteiger partial charge in [0.1, 0.15) is 0 Å². The molecular weight excluding hydrogens is 324 g/mol. The fourth-order valence-corrected chi connectivity index (χ4v) is 4.18. The fraction of sp³-hybridized carbons (Fsp3) is 0.429. The number of carbonyl (C=O) groups is 1. The second kappa shape index (κ2) is 5.73. The molecule has 1 aliphatic heterocycles. The van der Waals surface area contributed by atoms with Gasteiger partial charge in [0.05, 0.1) is 5.69 Å². The summed E-state index contributed by atoms with van der Waals surface area (Å²) < 4.78 is 2.23. The number of aromatic nitrogens is 3. The highest BCUT2D eigenvalue weighted by Crippen LogP contribution is 2.37. The lowest BCUT2D eigenvalue weighted by Gasteiger charge is -2.27. The van der Waals surface area contributed by atoms with Crippen LogP contribution in [0.2, 0.25) is 0 Å². The molecule has 1 aromatic carbocycles. The van der Waals surface area contributed by atoms with E-state index in [-0.39, 0.29) is 5.91 Å². The number of nitrogens with one attached hydrogen (secondary N) is 1. The number of benzene rings is 1. The fourth-order valence-electron chi connectivity index (χ4n) is 4.18. The zero-order valence-corrected chi connectivity index (χ0v) is 15.4. The average Bonchev–Trinajstić information content (AvgIpc) is 3.17. The lowest BCUT2D eigenvalue weighted by Crippen LogP contribution is -2.34. The van der Waals surface area contributed by atoms with Crippen molar-refractivity contribution in [3.63, 3.8) is 0 Å². The molecule has 0 bridgehead atoms. The Kier molecular flexibility index (Phi) is 3.45. The third-order valence-electron chi connectivity index (χ3n) is 5.89. The summed E-state index contributed by atoms with van der Waals surface area (Å²) in [4.78, 5) is 17.3. The number of amides is 1. The monoisotopic (exact) mass is 348 g/mol. The molecule has 26 heavy (non-hydrogen) atoms. The number of aryl methyl sites for hydroxylation is 1. The highest BCUT2D eigenvalue weighted by Gasteiger charge is 2.30. The van der Waals surface area contributed by atoms with Crippen molar-refractivity contribution < 1.29 is 4.79 Å². The van der Waals surface area contributed by atoms with Crippen molar-refractivity contribution in [3.8, 4) is 11.3 Å². The van der Waals surface area contributed by atoms with Crippen LogP contribution in [0.15, 0.2) is 24.4 Å². The third-order valence-corrected chi connectivity index (χ3v) is 5.89. The number of nitrogens with zero attached hydrogens (tertiary/aromatic N) is 3. The van der Waals surface area contributed by atoms with Gasteiger partial charge in [0.25, 0.3) is 0 Å². The summed E-state index contributed by atoms with van der Waals surface area (Å²) in [5.74, 6) is 0.926. The number of rotatable bonds is 3. The first kappa shape index (κ1) is 15.7. The van der Waals surface area contributed by atoms with Gasteiger partial charge >= 0.3 is 0 Å². The maximum atomic E-state index is 12.0. The summed E-state index contributed by atoms with van der Waals surface area (Å²) in [6.45, 7) is 6.28. The predicted molar refractivity (Wildman–Crippen MR) is 102 cm³/mol. The first-order valence-corrected chi connectivity index (χ1v) is 9.53. The normalized spacial score (nSPS) is 16.9. The first-order chi connectivity index (χ1) is 12.6. The molecule has 0 saturated heterocycles. The van der Waals surface area contributed by atoms with E-state index in [1.807, 2.05) is 11.1 Å². The van der Waals surface area contributed by atoms with E-state index in [1.54, 1.807) is 6.92 Å². The Morgan fingerprint density at radius 2 is 2.15 bits per heavy atom. The van der Waals surface area contributed by atoms with Crippen molar-refractivity contribution in [2.45, 2.75) is 46.2 Å². The lowest BCUT2D eigenvalue weighted by molar-refractivity contribution is -0.129. The molecule has 0 spiro atoms. The molecule has 0 unspecified atom stereocenters. The SMILES string of the molecule is CC(=O)N1CCc2c(c(-c3ccc(C)c4[nH]ccc34)nn2CC2CC2)C1. The largest absolute Gasteiger partial charge is 0.361 e. The topological polar surface area (TPSA) is 53.9 Å². The standard InChI is InChI=1S/C21H24N4O/c1-13-3-6-16(17-7-9-22-20(13)17)21-18-12-24(14(2)26)10-8-19(18)25(23-21)11-15-4-5-15/h3,6-7,9,15,22H,4-5,8,10-12H2,1-2H3. The molecule has 1 amide bonds. The van der Waals surface area contributed by atoms with Crippen molar-refractivity contribution in [1.82, 2.24) is 19.7 Å². The van der Waals surface area contributed by atoms with Crippen molar-refractivity contribution in [2.75, 3.05) is 6.54 Å². The molecule has 2 aromatic heterocycles. The van der Waals surface area contributed by atoms with Crippen LogP contribution in [0.25, 0.3) is 22.2 Å². The molecule has 1 fully saturated rings. The van der Waals surface area contributed by atoms with E-state index in [1.165, 1.54) is 46.1 Å². The average molecular weight is 348 g/mol. The van der Waals surface area contributed by atoms with Crippen molar-refractivity contribution in [2.24, 2.45) is 5.92 Å². The van der Waals surface area contributed by atoms with Crippen LogP contribution in [-0.4, -0.2) is 32.1 Å². The van der Waals surface area contributed by atoms with Crippen LogP contribution < -0.4 is 0 Å². The Balaban J connectivity index is 1.68. The van der Waals surface area contributed by atoms with Gasteiger partial charge in [-0.15, -0.1) is 0 Å². The molecule has 1 aliphatic carbocycles. The molecule has 0 atom stereocenters. The zero-order valence-electron chi connectivity index (χ0n) is 15.4. The van der Waals surface area contributed by atoms with E-state index < -0.39 is 0 Å². The van der Waals surface area contributed by atoms with Crippen LogP contribution in [0.5, 0.6) is 0 Å². The van der Waals surface area contributed by atoms with Crippen LogP contribution >= 0.6 is 0 Å². The maximum Gasteiger partial charge on any atom is 0.219 e. The van der Waals surface area contributed by atoms with E-state index in [4.69, 9.17) is 5.10 Å². The number of carbonyl (C=O) groups excluding carboxylic acids is 1. The molecular formula is C21H24N4O. The van der Waals surface area contributed by atoms with Gasteiger partial charge in [0, 0.05) is 66.9 Å². The predicted octanol–water partition coefficient (Wildman–Crippen LogP) is 3.65. The van der Waals surface area contributed by atoms with E-state index in [0.717, 1.165) is 31.1 Å². The molecule has 5 nitrogen and oxygen atoms in total. The van der Waals surface area contributed by atoms with Gasteiger partial charge in [-0.05, 0) is 37.3 Å². The van der Waals surface area contributed by atoms with E-state index in [9.17, 15) is 4.79 Å². The summed E-state index contributed by atoms with van der Waals surface area (Å²) in [6, 6.07) is 6.48. The number of hydrogen-bond donors (Lipinski definition) is 1. The minimum atomic E-state index is 0.146. The van der Waals surface area contributed by atoms with Gasteiger partial charge < -0.3 is 9.88 Å². The molecule has 2 aliphatic rings. The molecule has 1 N–H and O–H groups in total. The van der Waals surface area contributed by atoms with Gasteiger partial charge in [0.2, 0.25) is 5.91 Å². The number of fused-ring (bicyclic) bond motifs is 2. The Morgan fingerprint density at radius 1 is 1.31 bits per heavy atom. The molecule has 3 heterocycles. The number of hydrogen-bond acceptors (Lipinski definition) is 2. The molecule has 3 aromatic rings. The van der Waals surface area contributed by atoms with Crippen LogP contribution in [-0.2, 0) is 24.3 Å². The van der Waals surface area contributed by atoms with Crippen LogP contribution in [0.4, 0.5) is 0 Å². The molecule has 5 rings (SSSR count). The number of aromatic amines is 1. The Morgan fingerprint density at radius 3 is 2.92 bits per heavy atom.